The fraction of sp³-hybridized carbons (Fsp3) is 0.769. The summed E-state index contributed by atoms with van der Waals surface area (Å²) in [4.78, 5) is 0.282. The van der Waals surface area contributed by atoms with Crippen molar-refractivity contribution in [2.75, 3.05) is 25.4 Å². The second-order valence-corrected chi connectivity index (χ2v) is 9.58. The molecule has 0 bridgehead atoms. The van der Waals surface area contributed by atoms with E-state index >= 15 is 0 Å². The van der Waals surface area contributed by atoms with Gasteiger partial charge in [-0.1, -0.05) is 13.8 Å². The minimum absolute atomic E-state index is 0.135. The Bertz CT molecular complexity index is 568. The van der Waals surface area contributed by atoms with Crippen molar-refractivity contribution in [3.63, 3.8) is 0 Å². The van der Waals surface area contributed by atoms with Gasteiger partial charge >= 0.3 is 0 Å². The molecule has 0 unspecified atom stereocenters. The van der Waals surface area contributed by atoms with Crippen molar-refractivity contribution in [3.05, 3.63) is 12.4 Å². The molecule has 0 spiro atoms. The summed E-state index contributed by atoms with van der Waals surface area (Å²) >= 11 is 1.83. The molecule has 0 atom stereocenters. The highest BCUT2D eigenvalue weighted by atomic mass is 32.2. The van der Waals surface area contributed by atoms with Crippen molar-refractivity contribution >= 4 is 21.8 Å². The third-order valence-corrected chi connectivity index (χ3v) is 6.86. The highest BCUT2D eigenvalue weighted by molar-refractivity contribution is 8.00. The van der Waals surface area contributed by atoms with E-state index < -0.39 is 10.0 Å². The van der Waals surface area contributed by atoms with Gasteiger partial charge < -0.3 is 5.73 Å². The van der Waals surface area contributed by atoms with E-state index in [1.54, 1.807) is 15.2 Å². The van der Waals surface area contributed by atoms with Crippen LogP contribution in [0.3, 0.4) is 0 Å². The van der Waals surface area contributed by atoms with Crippen molar-refractivity contribution in [3.8, 4) is 0 Å². The maximum Gasteiger partial charge on any atom is 0.246 e. The lowest BCUT2D eigenvalue weighted by molar-refractivity contribution is 0.415. The van der Waals surface area contributed by atoms with Crippen LogP contribution in [0.2, 0.25) is 0 Å². The van der Waals surface area contributed by atoms with Crippen molar-refractivity contribution in [1.29, 1.82) is 0 Å². The van der Waals surface area contributed by atoms with Crippen LogP contribution < -0.4 is 5.73 Å². The third-order valence-electron chi connectivity index (χ3n) is 3.64. The van der Waals surface area contributed by atoms with Crippen LogP contribution in [0, 0.1) is 0 Å². The molecule has 1 fully saturated rings. The smallest absolute Gasteiger partial charge is 0.246 e. The van der Waals surface area contributed by atoms with Crippen molar-refractivity contribution in [1.82, 2.24) is 14.1 Å². The number of hydrogen-bond donors (Lipinski definition) is 1. The van der Waals surface area contributed by atoms with Gasteiger partial charge in [0.05, 0.1) is 6.20 Å². The number of nitrogens with zero attached hydrogens (tertiary/aromatic N) is 3. The first kappa shape index (κ1) is 16.8. The SMILES string of the molecule is CC1(C)CCN(S(=O)(=O)c2cnn(CCCN)c2)CCS1. The van der Waals surface area contributed by atoms with E-state index in [2.05, 4.69) is 18.9 Å². The minimum atomic E-state index is -3.43. The van der Waals surface area contributed by atoms with Gasteiger partial charge in [0.25, 0.3) is 0 Å². The molecule has 6 nitrogen and oxygen atoms in total. The molecule has 2 heterocycles. The largest absolute Gasteiger partial charge is 0.330 e. The molecule has 0 amide bonds. The van der Waals surface area contributed by atoms with Crippen LogP contribution in [0.15, 0.2) is 17.3 Å². The Labute approximate surface area is 131 Å². The van der Waals surface area contributed by atoms with E-state index in [0.29, 0.717) is 26.2 Å². The van der Waals surface area contributed by atoms with E-state index in [1.807, 2.05) is 11.8 Å². The second-order valence-electron chi connectivity index (χ2n) is 5.84. The lowest BCUT2D eigenvalue weighted by Crippen LogP contribution is -2.33. The molecule has 0 aromatic carbocycles. The molecular formula is C13H24N4O2S2. The van der Waals surface area contributed by atoms with Gasteiger partial charge in [-0.15, -0.1) is 0 Å². The number of rotatable bonds is 5. The zero-order chi connectivity index (χ0) is 15.5. The first-order valence-electron chi connectivity index (χ1n) is 7.22. The van der Waals surface area contributed by atoms with Gasteiger partial charge in [-0.3, -0.25) is 4.68 Å². The third kappa shape index (κ3) is 4.21. The zero-order valence-electron chi connectivity index (χ0n) is 12.7. The topological polar surface area (TPSA) is 81.2 Å². The van der Waals surface area contributed by atoms with Crippen LogP contribution in [0.25, 0.3) is 0 Å². The Kier molecular flexibility index (Phi) is 5.34. The average molecular weight is 332 g/mol. The Morgan fingerprint density at radius 3 is 2.90 bits per heavy atom. The standard InChI is InChI=1S/C13H24N4O2S2/c1-13(2)4-7-17(8-9-20-13)21(18,19)12-10-15-16(11-12)6-3-5-14/h10-11H,3-9,14H2,1-2H3. The molecule has 1 aliphatic rings. The first-order chi connectivity index (χ1) is 9.85. The maximum atomic E-state index is 12.7. The number of aryl methyl sites for hydroxylation is 1. The molecule has 120 valence electrons. The fourth-order valence-electron chi connectivity index (χ4n) is 2.24. The van der Waals surface area contributed by atoms with E-state index in [0.717, 1.165) is 18.6 Å². The van der Waals surface area contributed by atoms with Crippen LogP contribution in [-0.2, 0) is 16.6 Å². The average Bonchev–Trinajstić information content (AvgIpc) is 2.81. The Hall–Kier alpha value is -0.570. The van der Waals surface area contributed by atoms with E-state index in [1.165, 1.54) is 6.20 Å². The van der Waals surface area contributed by atoms with E-state index in [-0.39, 0.29) is 9.64 Å². The van der Waals surface area contributed by atoms with Crippen LogP contribution in [0.4, 0.5) is 0 Å². The van der Waals surface area contributed by atoms with Gasteiger partial charge in [0.2, 0.25) is 10.0 Å². The van der Waals surface area contributed by atoms with Crippen LogP contribution >= 0.6 is 11.8 Å². The number of aromatic nitrogens is 2. The molecular weight excluding hydrogens is 308 g/mol. The molecule has 8 heteroatoms. The van der Waals surface area contributed by atoms with E-state index in [9.17, 15) is 8.42 Å². The maximum absolute atomic E-state index is 12.7. The van der Waals surface area contributed by atoms with Crippen molar-refractivity contribution < 1.29 is 8.42 Å². The van der Waals surface area contributed by atoms with Gasteiger partial charge in [-0.25, -0.2) is 8.42 Å². The lowest BCUT2D eigenvalue weighted by Gasteiger charge is -2.22. The van der Waals surface area contributed by atoms with Crippen molar-refractivity contribution in [2.45, 2.75) is 42.9 Å². The molecule has 0 aliphatic carbocycles. The van der Waals surface area contributed by atoms with Gasteiger partial charge in [0, 0.05) is 36.3 Å². The molecule has 21 heavy (non-hydrogen) atoms. The molecule has 1 saturated heterocycles. The van der Waals surface area contributed by atoms with Crippen LogP contribution in [0.5, 0.6) is 0 Å². The Morgan fingerprint density at radius 1 is 1.43 bits per heavy atom. The Morgan fingerprint density at radius 2 is 2.19 bits per heavy atom. The normalized spacial score (nSPS) is 20.3. The van der Waals surface area contributed by atoms with Gasteiger partial charge in [-0.2, -0.15) is 21.2 Å². The second kappa shape index (κ2) is 6.68. The summed E-state index contributed by atoms with van der Waals surface area (Å²) < 4.78 is 28.7. The predicted molar refractivity (Wildman–Crippen MR) is 85.8 cm³/mol. The quantitative estimate of drug-likeness (QED) is 0.874. The molecule has 2 rings (SSSR count). The van der Waals surface area contributed by atoms with Gasteiger partial charge in [0.1, 0.15) is 4.90 Å². The highest BCUT2D eigenvalue weighted by Gasteiger charge is 2.31. The summed E-state index contributed by atoms with van der Waals surface area (Å²) in [5.41, 5.74) is 5.46. The summed E-state index contributed by atoms with van der Waals surface area (Å²) in [6.07, 6.45) is 4.69. The first-order valence-corrected chi connectivity index (χ1v) is 9.64. The van der Waals surface area contributed by atoms with Gasteiger partial charge in [-0.05, 0) is 19.4 Å². The molecule has 1 aliphatic heterocycles. The number of hydrogen-bond acceptors (Lipinski definition) is 5. The molecule has 0 saturated carbocycles. The van der Waals surface area contributed by atoms with Crippen LogP contribution in [0.1, 0.15) is 26.7 Å². The summed E-state index contributed by atoms with van der Waals surface area (Å²) in [5, 5.41) is 4.12. The summed E-state index contributed by atoms with van der Waals surface area (Å²) in [7, 11) is -3.43. The summed E-state index contributed by atoms with van der Waals surface area (Å²) in [6.45, 7) is 6.67. The zero-order valence-corrected chi connectivity index (χ0v) is 14.3. The molecule has 1 aromatic rings. The number of nitrogens with two attached hydrogens (primary N) is 1. The monoisotopic (exact) mass is 332 g/mol. The summed E-state index contributed by atoms with van der Waals surface area (Å²) in [5.74, 6) is 0.827. The molecule has 2 N–H and O–H groups in total. The predicted octanol–water partition coefficient (Wildman–Crippen LogP) is 1.14. The molecule has 1 aromatic heterocycles. The van der Waals surface area contributed by atoms with Gasteiger partial charge in [0.15, 0.2) is 0 Å². The Balaban J connectivity index is 2.12. The van der Waals surface area contributed by atoms with E-state index in [4.69, 9.17) is 5.73 Å². The number of thioether (sulfide) groups is 1. The highest BCUT2D eigenvalue weighted by Crippen LogP contribution is 2.32. The minimum Gasteiger partial charge on any atom is -0.330 e. The molecule has 0 radical (unpaired) electrons. The van der Waals surface area contributed by atoms with Crippen molar-refractivity contribution in [2.24, 2.45) is 5.73 Å². The fourth-order valence-corrected chi connectivity index (χ4v) is 4.86. The summed E-state index contributed by atoms with van der Waals surface area (Å²) in [6, 6.07) is 0. The lowest BCUT2D eigenvalue weighted by atomic mass is 10.1. The van der Waals surface area contributed by atoms with Crippen LogP contribution in [-0.4, -0.2) is 52.6 Å². The number of sulfonamides is 1.